The van der Waals surface area contributed by atoms with Crippen LogP contribution in [0.2, 0.25) is 0 Å². The number of rotatable bonds is 6. The van der Waals surface area contributed by atoms with Crippen molar-refractivity contribution >= 4 is 11.6 Å². The van der Waals surface area contributed by atoms with E-state index in [2.05, 4.69) is 10.4 Å². The first-order valence-electron chi connectivity index (χ1n) is 8.28. The van der Waals surface area contributed by atoms with Gasteiger partial charge in [0, 0.05) is 12.6 Å². The second-order valence-corrected chi connectivity index (χ2v) is 5.76. The number of hydrogen-bond donors (Lipinski definition) is 1. The third-order valence-electron chi connectivity index (χ3n) is 4.15. The number of anilines is 1. The van der Waals surface area contributed by atoms with Gasteiger partial charge in [-0.25, -0.2) is 0 Å². The lowest BCUT2D eigenvalue weighted by molar-refractivity contribution is 0.102. The molecule has 27 heavy (non-hydrogen) atoms. The van der Waals surface area contributed by atoms with Crippen LogP contribution in [0.1, 0.15) is 10.5 Å². The zero-order valence-corrected chi connectivity index (χ0v) is 15.6. The minimum absolute atomic E-state index is 0.281. The van der Waals surface area contributed by atoms with Crippen LogP contribution in [0.4, 0.5) is 5.69 Å². The van der Waals surface area contributed by atoms with Gasteiger partial charge in [-0.15, -0.1) is 0 Å². The van der Waals surface area contributed by atoms with Crippen LogP contribution in [0.5, 0.6) is 17.2 Å². The van der Waals surface area contributed by atoms with Crippen molar-refractivity contribution < 1.29 is 19.0 Å². The molecule has 1 amide bonds. The van der Waals surface area contributed by atoms with Crippen LogP contribution in [0, 0.1) is 0 Å². The zero-order valence-electron chi connectivity index (χ0n) is 15.6. The summed E-state index contributed by atoms with van der Waals surface area (Å²) in [5, 5.41) is 7.16. The van der Waals surface area contributed by atoms with E-state index in [0.717, 1.165) is 11.3 Å². The molecule has 1 heterocycles. The lowest BCUT2D eigenvalue weighted by Gasteiger charge is -2.10. The second-order valence-electron chi connectivity index (χ2n) is 5.76. The molecule has 0 aliphatic rings. The third-order valence-corrected chi connectivity index (χ3v) is 4.15. The first-order chi connectivity index (χ1) is 13.1. The Morgan fingerprint density at radius 3 is 2.41 bits per heavy atom. The van der Waals surface area contributed by atoms with Gasteiger partial charge in [-0.1, -0.05) is 12.1 Å². The maximum Gasteiger partial charge on any atom is 0.276 e. The van der Waals surface area contributed by atoms with Crippen LogP contribution in [-0.2, 0) is 7.05 Å². The number of carbonyl (C=O) groups excluding carboxylic acids is 1. The molecule has 3 rings (SSSR count). The number of aromatic nitrogens is 2. The summed E-state index contributed by atoms with van der Waals surface area (Å²) in [4.78, 5) is 12.7. The lowest BCUT2D eigenvalue weighted by atomic mass is 10.1. The Balaban J connectivity index is 1.94. The average Bonchev–Trinajstić information content (AvgIpc) is 3.09. The molecule has 7 heteroatoms. The van der Waals surface area contributed by atoms with E-state index >= 15 is 0 Å². The summed E-state index contributed by atoms with van der Waals surface area (Å²) in [5.41, 5.74) is 2.37. The molecule has 0 atom stereocenters. The summed E-state index contributed by atoms with van der Waals surface area (Å²) in [7, 11) is 6.52. The highest BCUT2D eigenvalue weighted by molar-refractivity contribution is 6.04. The molecule has 1 N–H and O–H groups in total. The SMILES string of the molecule is COc1ccc(OC)c(-c2cc(C(=O)Nc3ccccc3OC)nn2C)c1. The molecule has 0 aliphatic carbocycles. The van der Waals surface area contributed by atoms with Crippen LogP contribution in [0.25, 0.3) is 11.3 Å². The standard InChI is InChI=1S/C20H21N3O4/c1-23-17(14-11-13(25-2)9-10-18(14)26-3)12-16(22-23)20(24)21-15-7-5-6-8-19(15)27-4/h5-12H,1-4H3,(H,21,24). The number of benzene rings is 2. The predicted octanol–water partition coefficient (Wildman–Crippen LogP) is 3.37. The quantitative estimate of drug-likeness (QED) is 0.723. The highest BCUT2D eigenvalue weighted by atomic mass is 16.5. The topological polar surface area (TPSA) is 74.6 Å². The fourth-order valence-corrected chi connectivity index (χ4v) is 2.78. The summed E-state index contributed by atoms with van der Waals surface area (Å²) in [5.74, 6) is 1.60. The number of methoxy groups -OCH3 is 3. The lowest BCUT2D eigenvalue weighted by Crippen LogP contribution is -2.13. The minimum atomic E-state index is -0.330. The number of nitrogens with one attached hydrogen (secondary N) is 1. The molecule has 0 aliphatic heterocycles. The number of nitrogens with zero attached hydrogens (tertiary/aromatic N) is 2. The summed E-state index contributed by atoms with van der Waals surface area (Å²) < 4.78 is 17.6. The van der Waals surface area contributed by atoms with Crippen molar-refractivity contribution in [2.75, 3.05) is 26.6 Å². The number of aryl methyl sites for hydroxylation is 1. The Labute approximate surface area is 157 Å². The van der Waals surface area contributed by atoms with Crippen molar-refractivity contribution in [2.24, 2.45) is 7.05 Å². The van der Waals surface area contributed by atoms with Gasteiger partial charge in [0.2, 0.25) is 0 Å². The number of para-hydroxylation sites is 2. The van der Waals surface area contributed by atoms with E-state index in [0.29, 0.717) is 22.9 Å². The van der Waals surface area contributed by atoms with E-state index in [1.807, 2.05) is 30.3 Å². The van der Waals surface area contributed by atoms with Crippen LogP contribution in [0.15, 0.2) is 48.5 Å². The normalized spacial score (nSPS) is 10.4. The maximum absolute atomic E-state index is 12.7. The van der Waals surface area contributed by atoms with Crippen LogP contribution in [0.3, 0.4) is 0 Å². The van der Waals surface area contributed by atoms with Gasteiger partial charge in [0.05, 0.1) is 32.7 Å². The third kappa shape index (κ3) is 3.72. The van der Waals surface area contributed by atoms with E-state index in [1.54, 1.807) is 51.3 Å². The molecule has 140 valence electrons. The smallest absolute Gasteiger partial charge is 0.276 e. The molecule has 0 saturated heterocycles. The van der Waals surface area contributed by atoms with Crippen molar-refractivity contribution in [1.29, 1.82) is 0 Å². The molecule has 0 fully saturated rings. The van der Waals surface area contributed by atoms with Gasteiger partial charge in [0.1, 0.15) is 17.2 Å². The second kappa shape index (κ2) is 7.82. The fourth-order valence-electron chi connectivity index (χ4n) is 2.78. The zero-order chi connectivity index (χ0) is 19.4. The summed E-state index contributed by atoms with van der Waals surface area (Å²) in [6, 6.07) is 14.4. The van der Waals surface area contributed by atoms with E-state index in [-0.39, 0.29) is 11.6 Å². The van der Waals surface area contributed by atoms with Crippen molar-refractivity contribution in [1.82, 2.24) is 9.78 Å². The van der Waals surface area contributed by atoms with Gasteiger partial charge >= 0.3 is 0 Å². The van der Waals surface area contributed by atoms with Crippen molar-refractivity contribution in [3.8, 4) is 28.5 Å². The van der Waals surface area contributed by atoms with E-state index < -0.39 is 0 Å². The molecule has 0 unspecified atom stereocenters. The first kappa shape index (κ1) is 18.3. The molecular weight excluding hydrogens is 346 g/mol. The number of carbonyl (C=O) groups is 1. The van der Waals surface area contributed by atoms with Crippen LogP contribution < -0.4 is 19.5 Å². The molecule has 3 aromatic rings. The highest BCUT2D eigenvalue weighted by Crippen LogP contribution is 2.33. The van der Waals surface area contributed by atoms with Crippen LogP contribution in [-0.4, -0.2) is 37.0 Å². The summed E-state index contributed by atoms with van der Waals surface area (Å²) in [6.45, 7) is 0. The highest BCUT2D eigenvalue weighted by Gasteiger charge is 2.18. The Bertz CT molecular complexity index is 966. The van der Waals surface area contributed by atoms with Crippen molar-refractivity contribution in [2.45, 2.75) is 0 Å². The average molecular weight is 367 g/mol. The molecule has 0 spiro atoms. The number of ether oxygens (including phenoxy) is 3. The monoisotopic (exact) mass is 367 g/mol. The Hall–Kier alpha value is -3.48. The molecular formula is C20H21N3O4. The minimum Gasteiger partial charge on any atom is -0.497 e. The number of amides is 1. The van der Waals surface area contributed by atoms with E-state index in [4.69, 9.17) is 14.2 Å². The molecule has 0 saturated carbocycles. The van der Waals surface area contributed by atoms with Gasteiger partial charge in [0.25, 0.3) is 5.91 Å². The van der Waals surface area contributed by atoms with Gasteiger partial charge in [0.15, 0.2) is 5.69 Å². The van der Waals surface area contributed by atoms with Crippen molar-refractivity contribution in [3.05, 3.63) is 54.2 Å². The van der Waals surface area contributed by atoms with Gasteiger partial charge in [-0.05, 0) is 36.4 Å². The van der Waals surface area contributed by atoms with Gasteiger partial charge in [-0.3, -0.25) is 9.48 Å². The van der Waals surface area contributed by atoms with Crippen molar-refractivity contribution in [3.63, 3.8) is 0 Å². The number of hydrogen-bond acceptors (Lipinski definition) is 5. The van der Waals surface area contributed by atoms with E-state index in [1.165, 1.54) is 0 Å². The Kier molecular flexibility index (Phi) is 5.30. The molecule has 2 aromatic carbocycles. The molecule has 0 radical (unpaired) electrons. The molecule has 0 bridgehead atoms. The first-order valence-corrected chi connectivity index (χ1v) is 8.28. The molecule has 1 aromatic heterocycles. The molecule has 7 nitrogen and oxygen atoms in total. The van der Waals surface area contributed by atoms with E-state index in [9.17, 15) is 4.79 Å². The van der Waals surface area contributed by atoms with Gasteiger partial charge < -0.3 is 19.5 Å². The van der Waals surface area contributed by atoms with Gasteiger partial charge in [-0.2, -0.15) is 5.10 Å². The largest absolute Gasteiger partial charge is 0.497 e. The summed E-state index contributed by atoms with van der Waals surface area (Å²) in [6.07, 6.45) is 0. The predicted molar refractivity (Wildman–Crippen MR) is 103 cm³/mol. The Morgan fingerprint density at radius 1 is 0.963 bits per heavy atom. The maximum atomic E-state index is 12.7. The Morgan fingerprint density at radius 2 is 1.70 bits per heavy atom. The fraction of sp³-hybridized carbons (Fsp3) is 0.200. The van der Waals surface area contributed by atoms with Crippen LogP contribution >= 0.6 is 0 Å². The summed E-state index contributed by atoms with van der Waals surface area (Å²) >= 11 is 0.